The fourth-order valence-corrected chi connectivity index (χ4v) is 7.76. The van der Waals surface area contributed by atoms with E-state index in [1.807, 2.05) is 0 Å². The van der Waals surface area contributed by atoms with Crippen LogP contribution in [0.25, 0.3) is 0 Å². The van der Waals surface area contributed by atoms with E-state index in [0.717, 1.165) is 77.9 Å². The van der Waals surface area contributed by atoms with Gasteiger partial charge in [0.15, 0.2) is 0 Å². The van der Waals surface area contributed by atoms with Crippen molar-refractivity contribution in [1.82, 2.24) is 19.6 Å². The Kier molecular flexibility index (Phi) is 8.06. The first-order valence-electron chi connectivity index (χ1n) is 14.2. The Morgan fingerprint density at radius 1 is 0.765 bits per heavy atom. The second kappa shape index (κ2) is 11.0. The number of halogens is 1. The number of nitrogens with zero attached hydrogens (tertiary/aromatic N) is 4. The van der Waals surface area contributed by atoms with Crippen molar-refractivity contribution in [2.75, 3.05) is 52.9 Å². The van der Waals surface area contributed by atoms with Crippen LogP contribution >= 0.6 is 11.6 Å². The number of rotatable bonds is 4. The lowest BCUT2D eigenvalue weighted by Gasteiger charge is -2.40. The maximum Gasteiger partial charge on any atom is 0.239 e. The average Bonchev–Trinajstić information content (AvgIpc) is 3.23. The summed E-state index contributed by atoms with van der Waals surface area (Å²) in [6.45, 7) is 6.21. The first-order chi connectivity index (χ1) is 16.5. The third-order valence-corrected chi connectivity index (χ3v) is 10.2. The fourth-order valence-electron chi connectivity index (χ4n) is 7.50. The van der Waals surface area contributed by atoms with E-state index >= 15 is 0 Å². The maximum absolute atomic E-state index is 13.8. The second-order valence-electron chi connectivity index (χ2n) is 11.9. The molecule has 0 aromatic rings. The van der Waals surface area contributed by atoms with Crippen LogP contribution in [0.1, 0.15) is 70.6 Å². The lowest BCUT2D eigenvalue weighted by Crippen LogP contribution is -2.53. The van der Waals surface area contributed by atoms with Crippen LogP contribution in [-0.2, 0) is 9.59 Å². The van der Waals surface area contributed by atoms with Crippen molar-refractivity contribution < 1.29 is 9.59 Å². The highest BCUT2D eigenvalue weighted by Crippen LogP contribution is 2.42. The van der Waals surface area contributed by atoms with Gasteiger partial charge in [-0.2, -0.15) is 0 Å². The van der Waals surface area contributed by atoms with E-state index in [2.05, 4.69) is 26.6 Å². The highest BCUT2D eigenvalue weighted by atomic mass is 35.5. The van der Waals surface area contributed by atoms with E-state index in [4.69, 9.17) is 11.6 Å². The number of carbonyl (C=O) groups is 2. The first kappa shape index (κ1) is 24.8. The van der Waals surface area contributed by atoms with Gasteiger partial charge in [0.25, 0.3) is 0 Å². The summed E-state index contributed by atoms with van der Waals surface area (Å²) in [7, 11) is 2.12. The number of piperazine rings is 1. The molecule has 3 atom stereocenters. The summed E-state index contributed by atoms with van der Waals surface area (Å²) in [5, 5.41) is 0.351. The third-order valence-electron chi connectivity index (χ3n) is 9.72. The molecule has 2 saturated carbocycles. The molecule has 0 bridgehead atoms. The second-order valence-corrected chi connectivity index (χ2v) is 12.5. The molecule has 5 fully saturated rings. The Hall–Kier alpha value is -0.850. The topological polar surface area (TPSA) is 47.1 Å². The average molecular weight is 493 g/mol. The molecular formula is C27H45ClN4O2. The van der Waals surface area contributed by atoms with Gasteiger partial charge in [-0.25, -0.2) is 0 Å². The zero-order valence-corrected chi connectivity index (χ0v) is 21.9. The molecule has 192 valence electrons. The Bertz CT molecular complexity index is 711. The minimum Gasteiger partial charge on any atom is -0.341 e. The molecule has 3 heterocycles. The van der Waals surface area contributed by atoms with Crippen LogP contribution in [0.15, 0.2) is 0 Å². The molecule has 2 amide bonds. The number of carbonyl (C=O) groups excluding carboxylic acids is 2. The quantitative estimate of drug-likeness (QED) is 0.564. The number of piperidine rings is 1. The smallest absolute Gasteiger partial charge is 0.239 e. The first-order valence-corrected chi connectivity index (χ1v) is 14.6. The van der Waals surface area contributed by atoms with Crippen molar-refractivity contribution in [3.05, 3.63) is 0 Å². The summed E-state index contributed by atoms with van der Waals surface area (Å²) in [5.74, 6) is 2.16. The number of alkyl halides is 1. The van der Waals surface area contributed by atoms with Crippen molar-refractivity contribution >= 4 is 23.4 Å². The molecule has 3 saturated heterocycles. The number of likely N-dealkylation sites (N-methyl/N-ethyl adjacent to an activating group) is 1. The van der Waals surface area contributed by atoms with Crippen LogP contribution in [-0.4, -0.2) is 102 Å². The predicted octanol–water partition coefficient (Wildman–Crippen LogP) is 3.43. The number of likely N-dealkylation sites (tertiary alicyclic amines) is 2. The molecule has 0 radical (unpaired) electrons. The van der Waals surface area contributed by atoms with Crippen molar-refractivity contribution in [1.29, 1.82) is 0 Å². The zero-order valence-electron chi connectivity index (χ0n) is 21.2. The van der Waals surface area contributed by atoms with E-state index in [1.165, 1.54) is 38.5 Å². The Labute approximate surface area is 211 Å². The fraction of sp³-hybridized carbons (Fsp3) is 0.926. The van der Waals surface area contributed by atoms with Gasteiger partial charge < -0.3 is 14.7 Å². The number of fused-ring (bicyclic) bond motifs is 1. The SMILES string of the molecule is CN1CCN(C(=O)C2CCN(C(=O)C3CC4CCCCC4N3CC3CCC(Cl)CC3)CC2)CC1. The molecule has 0 aromatic carbocycles. The Balaban J connectivity index is 1.18. The maximum atomic E-state index is 13.8. The third kappa shape index (κ3) is 5.44. The van der Waals surface area contributed by atoms with Gasteiger partial charge in [-0.15, -0.1) is 11.6 Å². The lowest BCUT2D eigenvalue weighted by molar-refractivity contribution is -0.144. The van der Waals surface area contributed by atoms with Gasteiger partial charge in [0.2, 0.25) is 11.8 Å². The highest BCUT2D eigenvalue weighted by molar-refractivity contribution is 6.20. The van der Waals surface area contributed by atoms with Crippen molar-refractivity contribution in [2.45, 2.75) is 88.1 Å². The predicted molar refractivity (Wildman–Crippen MR) is 136 cm³/mol. The zero-order chi connectivity index (χ0) is 23.7. The van der Waals surface area contributed by atoms with E-state index in [-0.39, 0.29) is 12.0 Å². The van der Waals surface area contributed by atoms with E-state index < -0.39 is 0 Å². The number of hydrogen-bond acceptors (Lipinski definition) is 4. The summed E-state index contributed by atoms with van der Waals surface area (Å²) in [4.78, 5) is 36.0. The van der Waals surface area contributed by atoms with Gasteiger partial charge >= 0.3 is 0 Å². The van der Waals surface area contributed by atoms with Crippen LogP contribution < -0.4 is 0 Å². The van der Waals surface area contributed by atoms with Crippen LogP contribution in [0.4, 0.5) is 0 Å². The molecule has 0 N–H and O–H groups in total. The van der Waals surface area contributed by atoms with Gasteiger partial charge in [-0.1, -0.05) is 12.8 Å². The molecule has 6 nitrogen and oxygen atoms in total. The summed E-state index contributed by atoms with van der Waals surface area (Å²) in [5.41, 5.74) is 0. The summed E-state index contributed by atoms with van der Waals surface area (Å²) in [6, 6.07) is 0.666. The Morgan fingerprint density at radius 2 is 1.41 bits per heavy atom. The highest BCUT2D eigenvalue weighted by Gasteiger charge is 2.47. The monoisotopic (exact) mass is 492 g/mol. The molecule has 2 aliphatic carbocycles. The minimum absolute atomic E-state index is 0.0618. The van der Waals surface area contributed by atoms with Gasteiger partial charge in [0.05, 0.1) is 6.04 Å². The van der Waals surface area contributed by atoms with E-state index in [9.17, 15) is 9.59 Å². The molecule has 0 spiro atoms. The van der Waals surface area contributed by atoms with E-state index in [0.29, 0.717) is 35.1 Å². The van der Waals surface area contributed by atoms with Crippen molar-refractivity contribution in [3.63, 3.8) is 0 Å². The summed E-state index contributed by atoms with van der Waals surface area (Å²) < 4.78 is 0. The standard InChI is InChI=1S/C27H45ClN4O2/c1-29-14-16-31(17-15-29)26(33)21-10-12-30(13-11-21)27(34)25-18-22-4-2-3-5-24(22)32(25)19-20-6-8-23(28)9-7-20/h20-25H,2-19H2,1H3. The van der Waals surface area contributed by atoms with Crippen LogP contribution in [0.3, 0.4) is 0 Å². The largest absolute Gasteiger partial charge is 0.341 e. The van der Waals surface area contributed by atoms with Gasteiger partial charge in [-0.3, -0.25) is 14.5 Å². The molecule has 7 heteroatoms. The number of hydrogen-bond donors (Lipinski definition) is 0. The van der Waals surface area contributed by atoms with E-state index in [1.54, 1.807) is 0 Å². The lowest BCUT2D eigenvalue weighted by atomic mass is 9.84. The molecule has 3 unspecified atom stereocenters. The van der Waals surface area contributed by atoms with Gasteiger partial charge in [-0.05, 0) is 76.7 Å². The van der Waals surface area contributed by atoms with Crippen molar-refractivity contribution in [2.24, 2.45) is 17.8 Å². The normalized spacial score (nSPS) is 36.5. The summed E-state index contributed by atoms with van der Waals surface area (Å²) in [6.07, 6.45) is 12.6. The molecule has 5 rings (SSSR count). The molecule has 0 aromatic heterocycles. The Morgan fingerprint density at radius 3 is 2.12 bits per heavy atom. The number of amides is 2. The molecular weight excluding hydrogens is 448 g/mol. The molecule has 5 aliphatic rings. The van der Waals surface area contributed by atoms with Crippen LogP contribution in [0.2, 0.25) is 0 Å². The van der Waals surface area contributed by atoms with Gasteiger partial charge in [0.1, 0.15) is 0 Å². The minimum atomic E-state index is 0.0618. The molecule has 34 heavy (non-hydrogen) atoms. The summed E-state index contributed by atoms with van der Waals surface area (Å²) >= 11 is 6.38. The van der Waals surface area contributed by atoms with Crippen molar-refractivity contribution in [3.8, 4) is 0 Å². The van der Waals surface area contributed by atoms with Crippen LogP contribution in [0, 0.1) is 17.8 Å². The van der Waals surface area contributed by atoms with Gasteiger partial charge in [0, 0.05) is 63.2 Å². The van der Waals surface area contributed by atoms with Crippen LogP contribution in [0.5, 0.6) is 0 Å². The molecule has 3 aliphatic heterocycles.